The first-order valence-corrected chi connectivity index (χ1v) is 19.7. The van der Waals surface area contributed by atoms with Gasteiger partial charge < -0.3 is 26.0 Å². The van der Waals surface area contributed by atoms with Crippen LogP contribution in [0.4, 0.5) is 28.4 Å². The van der Waals surface area contributed by atoms with Crippen LogP contribution in [-0.4, -0.2) is 25.2 Å². The van der Waals surface area contributed by atoms with E-state index in [1.54, 1.807) is 0 Å². The van der Waals surface area contributed by atoms with Gasteiger partial charge in [0.25, 0.3) is 0 Å². The van der Waals surface area contributed by atoms with E-state index in [1.165, 1.54) is 5.56 Å². The molecule has 0 amide bonds. The molecule has 6 nitrogen and oxygen atoms in total. The molecule has 1 aliphatic carbocycles. The van der Waals surface area contributed by atoms with Crippen molar-refractivity contribution in [2.24, 2.45) is 5.41 Å². The van der Waals surface area contributed by atoms with Gasteiger partial charge in [-0.3, -0.25) is 4.79 Å². The molecular weight excluding hydrogens is 677 g/mol. The van der Waals surface area contributed by atoms with Crippen LogP contribution in [0.25, 0.3) is 10.8 Å². The standard InChI is InChI=1S/C49H53N4O2/c1-5-49(2,3)48(54)55-46-19-13-12-18-45(46)53-44-31-30-42(41-29-20-34(33-50-4)32-43(41)44)47(35-21-25-39(26-22-35)51-37-14-8-6-9-15-37)36-23-27-40(28-24-36)52-38-16-10-7-11-17-38/h6-11,14-17,20-32,45-46,50-53H,5,12-13,18-19,33H2,1-4H3/q+1. The molecule has 0 aromatic heterocycles. The number of anilines is 5. The van der Waals surface area contributed by atoms with Gasteiger partial charge in [0.05, 0.1) is 39.8 Å². The van der Waals surface area contributed by atoms with Crippen LogP contribution in [0, 0.1) is 11.3 Å². The minimum atomic E-state index is -0.504. The molecule has 6 heteroatoms. The monoisotopic (exact) mass is 729 g/mol. The number of esters is 1. The number of rotatable bonds is 14. The number of para-hydroxylation sites is 2. The Bertz CT molecular complexity index is 2080. The van der Waals surface area contributed by atoms with Gasteiger partial charge in [0.15, 0.2) is 0 Å². The molecule has 0 radical (unpaired) electrons. The molecular formula is C49H53N4O2+. The Labute approximate surface area is 326 Å². The fourth-order valence-electron chi connectivity index (χ4n) is 7.39. The summed E-state index contributed by atoms with van der Waals surface area (Å²) in [6.07, 6.45) is 4.56. The smallest absolute Gasteiger partial charge is 0.311 e. The van der Waals surface area contributed by atoms with Crippen LogP contribution < -0.4 is 21.3 Å². The number of hydrogen-bond donors (Lipinski definition) is 4. The number of ether oxygens (including phenoxy) is 1. The Hall–Kier alpha value is -5.72. The van der Waals surface area contributed by atoms with Crippen LogP contribution in [0.5, 0.6) is 0 Å². The van der Waals surface area contributed by atoms with E-state index in [2.05, 4.69) is 124 Å². The third kappa shape index (κ3) is 8.98. The zero-order valence-electron chi connectivity index (χ0n) is 32.5. The zero-order valence-corrected chi connectivity index (χ0v) is 32.5. The summed E-state index contributed by atoms with van der Waals surface area (Å²) in [5.41, 5.74) is 9.34. The van der Waals surface area contributed by atoms with Gasteiger partial charge in [0.1, 0.15) is 6.10 Å². The number of benzene rings is 6. The highest BCUT2D eigenvalue weighted by atomic mass is 16.5. The van der Waals surface area contributed by atoms with E-state index < -0.39 is 5.41 Å². The Balaban J connectivity index is 1.28. The Morgan fingerprint density at radius 1 is 0.691 bits per heavy atom. The molecule has 0 aliphatic heterocycles. The van der Waals surface area contributed by atoms with E-state index >= 15 is 0 Å². The minimum Gasteiger partial charge on any atom is -0.460 e. The summed E-state index contributed by atoms with van der Waals surface area (Å²) < 4.78 is 6.25. The van der Waals surface area contributed by atoms with Crippen molar-refractivity contribution in [3.05, 3.63) is 168 Å². The van der Waals surface area contributed by atoms with Crippen molar-refractivity contribution in [2.45, 2.75) is 71.6 Å². The van der Waals surface area contributed by atoms with Gasteiger partial charge in [0, 0.05) is 40.1 Å². The highest BCUT2D eigenvalue weighted by molar-refractivity contribution is 5.99. The van der Waals surface area contributed by atoms with Crippen LogP contribution >= 0.6 is 0 Å². The predicted molar refractivity (Wildman–Crippen MR) is 229 cm³/mol. The van der Waals surface area contributed by atoms with Crippen molar-refractivity contribution in [3.8, 4) is 0 Å². The van der Waals surface area contributed by atoms with Crippen molar-refractivity contribution in [2.75, 3.05) is 23.0 Å². The first-order valence-electron chi connectivity index (χ1n) is 19.7. The van der Waals surface area contributed by atoms with Crippen LogP contribution in [0.1, 0.15) is 75.1 Å². The van der Waals surface area contributed by atoms with Gasteiger partial charge in [-0.2, -0.15) is 0 Å². The normalized spacial score (nSPS) is 15.6. The lowest BCUT2D eigenvalue weighted by Gasteiger charge is -2.35. The van der Waals surface area contributed by atoms with E-state index in [0.29, 0.717) is 0 Å². The second-order valence-electron chi connectivity index (χ2n) is 15.3. The lowest BCUT2D eigenvalue weighted by Crippen LogP contribution is -2.42. The first kappa shape index (κ1) is 37.6. The lowest BCUT2D eigenvalue weighted by atomic mass is 9.82. The minimum absolute atomic E-state index is 0.0325. The molecule has 2 atom stereocenters. The molecule has 0 bridgehead atoms. The largest absolute Gasteiger partial charge is 0.460 e. The quantitative estimate of drug-likeness (QED) is 0.0508. The Kier molecular flexibility index (Phi) is 11.7. The number of hydrogen-bond acceptors (Lipinski definition) is 6. The Morgan fingerprint density at radius 2 is 1.25 bits per heavy atom. The molecule has 7 rings (SSSR count). The van der Waals surface area contributed by atoms with Gasteiger partial charge in [-0.05, 0) is 149 Å². The van der Waals surface area contributed by atoms with Gasteiger partial charge in [0.2, 0.25) is 0 Å². The summed E-state index contributed by atoms with van der Waals surface area (Å²) in [6, 6.07) is 49.3. The van der Waals surface area contributed by atoms with Crippen LogP contribution in [0.3, 0.4) is 0 Å². The van der Waals surface area contributed by atoms with E-state index in [0.717, 1.165) is 100 Å². The molecule has 0 spiro atoms. The van der Waals surface area contributed by atoms with Gasteiger partial charge in [-0.25, -0.2) is 0 Å². The van der Waals surface area contributed by atoms with Crippen LogP contribution in [0.15, 0.2) is 140 Å². The molecule has 6 aromatic rings. The second kappa shape index (κ2) is 17.2. The van der Waals surface area contributed by atoms with Gasteiger partial charge in [-0.15, -0.1) is 0 Å². The highest BCUT2D eigenvalue weighted by Gasteiger charge is 2.35. The fourth-order valence-corrected chi connectivity index (χ4v) is 7.39. The van der Waals surface area contributed by atoms with Crippen LogP contribution in [0.2, 0.25) is 0 Å². The highest BCUT2D eigenvalue weighted by Crippen LogP contribution is 2.40. The first-order chi connectivity index (χ1) is 26.8. The Morgan fingerprint density at radius 3 is 1.82 bits per heavy atom. The number of nitrogens with one attached hydrogen (secondary N) is 4. The average Bonchev–Trinajstić information content (AvgIpc) is 3.21. The zero-order chi connectivity index (χ0) is 38.2. The summed E-state index contributed by atoms with van der Waals surface area (Å²) in [6.45, 7) is 6.76. The number of carbonyl (C=O) groups is 1. The van der Waals surface area contributed by atoms with Crippen LogP contribution in [-0.2, 0) is 16.1 Å². The molecule has 4 N–H and O–H groups in total. The summed E-state index contributed by atoms with van der Waals surface area (Å²) in [7, 11) is 1.98. The van der Waals surface area contributed by atoms with Crippen molar-refractivity contribution >= 4 is 45.2 Å². The fraction of sp³-hybridized carbons (Fsp3) is 0.265. The summed E-state index contributed by atoms with van der Waals surface area (Å²) >= 11 is 0. The third-order valence-corrected chi connectivity index (χ3v) is 10.9. The van der Waals surface area contributed by atoms with E-state index in [4.69, 9.17) is 4.74 Å². The van der Waals surface area contributed by atoms with Crippen molar-refractivity contribution in [1.82, 2.24) is 5.32 Å². The van der Waals surface area contributed by atoms with Gasteiger partial charge in [-0.1, -0.05) is 55.8 Å². The molecule has 1 fully saturated rings. The maximum Gasteiger partial charge on any atom is 0.311 e. The second-order valence-corrected chi connectivity index (χ2v) is 15.3. The molecule has 0 heterocycles. The molecule has 6 aromatic carbocycles. The van der Waals surface area contributed by atoms with Crippen molar-refractivity contribution in [3.63, 3.8) is 0 Å². The summed E-state index contributed by atoms with van der Waals surface area (Å²) in [5, 5.41) is 16.6. The molecule has 0 saturated heterocycles. The maximum atomic E-state index is 13.2. The SMILES string of the molecule is CCC(C)(C)C(=O)OC1CCCCC1Nc1ccc([C+](c2ccc(Nc3ccccc3)cc2)c2ccc(Nc3ccccc3)cc2)c2ccc(CNC)cc12. The third-order valence-electron chi connectivity index (χ3n) is 10.9. The van der Waals surface area contributed by atoms with Gasteiger partial charge >= 0.3 is 5.97 Å². The summed E-state index contributed by atoms with van der Waals surface area (Å²) in [5.74, 6) is 1.04. The van der Waals surface area contributed by atoms with E-state index in [9.17, 15) is 4.79 Å². The molecule has 1 aliphatic rings. The molecule has 2 unspecified atom stereocenters. The lowest BCUT2D eigenvalue weighted by molar-refractivity contribution is -0.161. The topological polar surface area (TPSA) is 74.4 Å². The average molecular weight is 730 g/mol. The molecule has 55 heavy (non-hydrogen) atoms. The van der Waals surface area contributed by atoms with Crippen molar-refractivity contribution in [1.29, 1.82) is 0 Å². The number of carbonyl (C=O) groups excluding carboxylic acids is 1. The van der Waals surface area contributed by atoms with Crippen molar-refractivity contribution < 1.29 is 9.53 Å². The summed E-state index contributed by atoms with van der Waals surface area (Å²) in [4.78, 5) is 13.2. The predicted octanol–water partition coefficient (Wildman–Crippen LogP) is 11.8. The molecule has 1 saturated carbocycles. The van der Waals surface area contributed by atoms with E-state index in [-0.39, 0.29) is 18.1 Å². The maximum absolute atomic E-state index is 13.2. The molecule has 280 valence electrons. The van der Waals surface area contributed by atoms with E-state index in [1.807, 2.05) is 64.2 Å². The number of fused-ring (bicyclic) bond motifs is 1.